The zero-order chi connectivity index (χ0) is 4.99. The Morgan fingerprint density at radius 2 is 2.17 bits per heavy atom. The normalized spacial score (nSPS) is 14.5. The second-order valence-electron chi connectivity index (χ2n) is 1.16. The fourth-order valence-corrected chi connectivity index (χ4v) is 0.204. The van der Waals surface area contributed by atoms with Gasteiger partial charge in [0.15, 0.2) is 0 Å². The molecule has 3 heteroatoms. The van der Waals surface area contributed by atoms with Gasteiger partial charge in [-0.2, -0.15) is 0 Å². The molecule has 0 saturated carbocycles. The molecular formula is C3H9N2S. The number of nitrogens with two attached hydrogens (primary N) is 2. The van der Waals surface area contributed by atoms with Crippen LogP contribution in [0.2, 0.25) is 0 Å². The monoisotopic (exact) mass is 105 g/mol. The van der Waals surface area contributed by atoms with Crippen molar-refractivity contribution in [3.63, 3.8) is 0 Å². The van der Waals surface area contributed by atoms with E-state index in [2.05, 4.69) is 12.6 Å². The minimum absolute atomic E-state index is 0.0278. The van der Waals surface area contributed by atoms with Gasteiger partial charge in [0.25, 0.3) is 0 Å². The Morgan fingerprint density at radius 1 is 1.67 bits per heavy atom. The molecular weight excluding hydrogens is 96.1 g/mol. The van der Waals surface area contributed by atoms with Crippen molar-refractivity contribution in [1.82, 2.24) is 0 Å². The third-order valence-corrected chi connectivity index (χ3v) is 0.945. The van der Waals surface area contributed by atoms with Crippen LogP contribution in [0.15, 0.2) is 0 Å². The molecule has 2 nitrogen and oxygen atoms in total. The Kier molecular flexibility index (Phi) is 3.62. The highest BCUT2D eigenvalue weighted by Gasteiger charge is 1.90. The number of hydrogen-bond donors (Lipinski definition) is 2. The lowest BCUT2D eigenvalue weighted by Gasteiger charge is -1.98. The van der Waals surface area contributed by atoms with E-state index in [0.717, 1.165) is 0 Å². The highest BCUT2D eigenvalue weighted by Crippen LogP contribution is 1.75. The van der Waals surface area contributed by atoms with E-state index in [1.807, 2.05) is 0 Å². The molecule has 0 amide bonds. The van der Waals surface area contributed by atoms with Crippen molar-refractivity contribution in [1.29, 1.82) is 0 Å². The van der Waals surface area contributed by atoms with Crippen molar-refractivity contribution in [2.24, 2.45) is 11.5 Å². The van der Waals surface area contributed by atoms with Crippen molar-refractivity contribution in [3.05, 3.63) is 0 Å². The van der Waals surface area contributed by atoms with Crippen molar-refractivity contribution in [2.75, 3.05) is 12.3 Å². The van der Waals surface area contributed by atoms with Crippen molar-refractivity contribution >= 4 is 12.6 Å². The molecule has 0 aliphatic carbocycles. The van der Waals surface area contributed by atoms with Gasteiger partial charge in [0.1, 0.15) is 0 Å². The summed E-state index contributed by atoms with van der Waals surface area (Å²) in [6.45, 7) is 0.503. The summed E-state index contributed by atoms with van der Waals surface area (Å²) < 4.78 is 0. The zero-order valence-corrected chi connectivity index (χ0v) is 4.37. The zero-order valence-electron chi connectivity index (χ0n) is 3.55. The quantitative estimate of drug-likeness (QED) is 0.496. The van der Waals surface area contributed by atoms with E-state index in [-0.39, 0.29) is 6.04 Å². The summed E-state index contributed by atoms with van der Waals surface area (Å²) in [7, 11) is 0. The van der Waals surface area contributed by atoms with E-state index in [0.29, 0.717) is 12.3 Å². The van der Waals surface area contributed by atoms with Crippen LogP contribution in [0.1, 0.15) is 0 Å². The SMILES string of the molecule is NCC(N)C[S]. The molecule has 0 aromatic carbocycles. The third kappa shape index (κ3) is 2.50. The largest absolute Gasteiger partial charge is 0.329 e. The van der Waals surface area contributed by atoms with Gasteiger partial charge in [-0.05, 0) is 0 Å². The second kappa shape index (κ2) is 3.46. The summed E-state index contributed by atoms with van der Waals surface area (Å²) in [5, 5.41) is 0. The third-order valence-electron chi connectivity index (χ3n) is 0.517. The van der Waals surface area contributed by atoms with E-state index >= 15 is 0 Å². The van der Waals surface area contributed by atoms with Gasteiger partial charge in [-0.3, -0.25) is 0 Å². The maximum atomic E-state index is 5.24. The second-order valence-corrected chi connectivity index (χ2v) is 1.50. The number of rotatable bonds is 2. The van der Waals surface area contributed by atoms with Crippen LogP contribution in [-0.2, 0) is 0 Å². The van der Waals surface area contributed by atoms with Crippen LogP contribution in [-0.4, -0.2) is 18.3 Å². The molecule has 0 aliphatic heterocycles. The molecule has 6 heavy (non-hydrogen) atoms. The molecule has 0 rings (SSSR count). The molecule has 0 aromatic rings. The maximum absolute atomic E-state index is 5.24. The average molecular weight is 105 g/mol. The van der Waals surface area contributed by atoms with E-state index < -0.39 is 0 Å². The smallest absolute Gasteiger partial charge is 0.0263 e. The minimum atomic E-state index is 0.0278. The van der Waals surface area contributed by atoms with Crippen LogP contribution >= 0.6 is 12.6 Å². The first-order valence-corrected chi connectivity index (χ1v) is 2.42. The van der Waals surface area contributed by atoms with Gasteiger partial charge in [0.2, 0.25) is 0 Å². The van der Waals surface area contributed by atoms with Crippen LogP contribution in [0.4, 0.5) is 0 Å². The molecule has 37 valence electrons. The lowest BCUT2D eigenvalue weighted by Crippen LogP contribution is -2.30. The van der Waals surface area contributed by atoms with Crippen molar-refractivity contribution < 1.29 is 0 Å². The first kappa shape index (κ1) is 6.27. The van der Waals surface area contributed by atoms with E-state index in [1.165, 1.54) is 0 Å². The van der Waals surface area contributed by atoms with E-state index in [9.17, 15) is 0 Å². The number of hydrogen-bond acceptors (Lipinski definition) is 2. The van der Waals surface area contributed by atoms with Gasteiger partial charge < -0.3 is 11.5 Å². The maximum Gasteiger partial charge on any atom is 0.0263 e. The first-order valence-electron chi connectivity index (χ1n) is 1.85. The standard InChI is InChI=1S/C3H9N2S/c4-1-3(5)2-6/h3H,1-2,4-5H2. The van der Waals surface area contributed by atoms with Gasteiger partial charge >= 0.3 is 0 Å². The van der Waals surface area contributed by atoms with E-state index in [4.69, 9.17) is 11.5 Å². The Labute approximate surface area is 43.3 Å². The molecule has 0 aromatic heterocycles. The minimum Gasteiger partial charge on any atom is -0.329 e. The molecule has 0 spiro atoms. The molecule has 1 unspecified atom stereocenters. The van der Waals surface area contributed by atoms with Gasteiger partial charge in [0.05, 0.1) is 0 Å². The van der Waals surface area contributed by atoms with Crippen LogP contribution in [0, 0.1) is 0 Å². The summed E-state index contributed by atoms with van der Waals surface area (Å²) in [5.41, 5.74) is 10.3. The summed E-state index contributed by atoms with van der Waals surface area (Å²) in [5.74, 6) is 0.566. The molecule has 4 N–H and O–H groups in total. The highest BCUT2D eigenvalue weighted by atomic mass is 32.1. The fraction of sp³-hybridized carbons (Fsp3) is 1.00. The topological polar surface area (TPSA) is 52.0 Å². The Balaban J connectivity index is 2.75. The Hall–Kier alpha value is 0.270. The first-order chi connectivity index (χ1) is 2.81. The summed E-state index contributed by atoms with van der Waals surface area (Å²) in [4.78, 5) is 0. The summed E-state index contributed by atoms with van der Waals surface area (Å²) in [6.07, 6.45) is 0. The predicted octanol–water partition coefficient (Wildman–Crippen LogP) is -0.530. The Morgan fingerprint density at radius 3 is 2.17 bits per heavy atom. The van der Waals surface area contributed by atoms with Gasteiger partial charge in [-0.1, -0.05) is 12.6 Å². The molecule has 0 heterocycles. The van der Waals surface area contributed by atoms with Crippen LogP contribution < -0.4 is 11.5 Å². The molecule has 0 fully saturated rings. The van der Waals surface area contributed by atoms with Crippen molar-refractivity contribution in [3.8, 4) is 0 Å². The Bertz CT molecular complexity index is 28.0. The van der Waals surface area contributed by atoms with Gasteiger partial charge in [-0.15, -0.1) is 0 Å². The fourth-order valence-electron chi connectivity index (χ4n) is 0.0680. The molecule has 0 aliphatic rings. The van der Waals surface area contributed by atoms with Gasteiger partial charge in [-0.25, -0.2) is 0 Å². The lowest BCUT2D eigenvalue weighted by atomic mass is 10.4. The van der Waals surface area contributed by atoms with Gasteiger partial charge in [0, 0.05) is 18.3 Å². The summed E-state index contributed by atoms with van der Waals surface area (Å²) >= 11 is 4.57. The highest BCUT2D eigenvalue weighted by molar-refractivity contribution is 7.80. The van der Waals surface area contributed by atoms with Crippen LogP contribution in [0.5, 0.6) is 0 Å². The molecule has 1 atom stereocenters. The molecule has 1 radical (unpaired) electrons. The average Bonchev–Trinajstić information content (AvgIpc) is 1.65. The molecule has 0 bridgehead atoms. The van der Waals surface area contributed by atoms with Crippen LogP contribution in [0.25, 0.3) is 0 Å². The predicted molar refractivity (Wildman–Crippen MR) is 29.5 cm³/mol. The van der Waals surface area contributed by atoms with Crippen molar-refractivity contribution in [2.45, 2.75) is 6.04 Å². The van der Waals surface area contributed by atoms with Crippen LogP contribution in [0.3, 0.4) is 0 Å². The lowest BCUT2D eigenvalue weighted by molar-refractivity contribution is 0.765. The summed E-state index contributed by atoms with van der Waals surface area (Å²) in [6, 6.07) is 0.0278. The molecule has 0 saturated heterocycles. The van der Waals surface area contributed by atoms with E-state index in [1.54, 1.807) is 0 Å².